The van der Waals surface area contributed by atoms with E-state index in [0.717, 1.165) is 5.56 Å². The topological polar surface area (TPSA) is 38.3 Å². The minimum Gasteiger partial charge on any atom is -0.381 e. The summed E-state index contributed by atoms with van der Waals surface area (Å²) in [6, 6.07) is 8.92. The van der Waals surface area contributed by atoms with Gasteiger partial charge in [0.2, 0.25) is 5.91 Å². The average molecular weight is 287 g/mol. The highest BCUT2D eigenvalue weighted by molar-refractivity contribution is 5.88. The Bertz CT molecular complexity index is 453. The minimum atomic E-state index is -4.40. The van der Waals surface area contributed by atoms with E-state index in [1.165, 1.54) is 0 Å². The first-order valence-electron chi connectivity index (χ1n) is 6.42. The van der Waals surface area contributed by atoms with Crippen molar-refractivity contribution in [2.24, 2.45) is 0 Å². The van der Waals surface area contributed by atoms with Crippen LogP contribution in [0.3, 0.4) is 0 Å². The summed E-state index contributed by atoms with van der Waals surface area (Å²) in [5, 5.41) is 2.01. The predicted octanol–water partition coefficient (Wildman–Crippen LogP) is 2.41. The molecule has 1 aromatic rings. The quantitative estimate of drug-likeness (QED) is 0.927. The Balaban J connectivity index is 2.21. The van der Waals surface area contributed by atoms with E-state index in [4.69, 9.17) is 4.74 Å². The van der Waals surface area contributed by atoms with Crippen LogP contribution in [0.1, 0.15) is 18.4 Å². The Morgan fingerprint density at radius 1 is 1.20 bits per heavy atom. The molecular formula is C14H16F3NO2. The van der Waals surface area contributed by atoms with Gasteiger partial charge >= 0.3 is 6.18 Å². The highest BCUT2D eigenvalue weighted by Gasteiger charge is 2.42. The lowest BCUT2D eigenvalue weighted by Gasteiger charge is -2.36. The number of carbonyl (C=O) groups is 1. The van der Waals surface area contributed by atoms with E-state index in [-0.39, 0.29) is 0 Å². The molecule has 1 fully saturated rings. The fraction of sp³-hybridized carbons (Fsp3) is 0.500. The molecule has 3 nitrogen and oxygen atoms in total. The number of amides is 1. The van der Waals surface area contributed by atoms with Gasteiger partial charge in [0.25, 0.3) is 0 Å². The summed E-state index contributed by atoms with van der Waals surface area (Å²) in [7, 11) is 0. The number of carbonyl (C=O) groups excluding carboxylic acids is 1. The molecule has 1 saturated heterocycles. The van der Waals surface area contributed by atoms with Gasteiger partial charge in [-0.1, -0.05) is 30.3 Å². The molecule has 0 saturated carbocycles. The molecule has 1 aliphatic rings. The molecule has 0 atom stereocenters. The van der Waals surface area contributed by atoms with Gasteiger partial charge in [-0.3, -0.25) is 4.79 Å². The smallest absolute Gasteiger partial charge is 0.381 e. The first kappa shape index (κ1) is 14.8. The maximum absolute atomic E-state index is 12.3. The first-order valence-corrected chi connectivity index (χ1v) is 6.42. The van der Waals surface area contributed by atoms with E-state index >= 15 is 0 Å². The van der Waals surface area contributed by atoms with E-state index in [1.54, 1.807) is 24.3 Å². The van der Waals surface area contributed by atoms with Crippen molar-refractivity contribution in [2.75, 3.05) is 19.8 Å². The fourth-order valence-electron chi connectivity index (χ4n) is 2.47. The van der Waals surface area contributed by atoms with Gasteiger partial charge in [-0.25, -0.2) is 0 Å². The second-order valence-electron chi connectivity index (χ2n) is 4.86. The van der Waals surface area contributed by atoms with Crippen LogP contribution in [-0.2, 0) is 14.9 Å². The molecule has 2 rings (SSSR count). The molecular weight excluding hydrogens is 271 g/mol. The van der Waals surface area contributed by atoms with Crippen molar-refractivity contribution in [3.63, 3.8) is 0 Å². The molecule has 1 amide bonds. The summed E-state index contributed by atoms with van der Waals surface area (Å²) < 4.78 is 42.1. The molecule has 1 N–H and O–H groups in total. The lowest BCUT2D eigenvalue weighted by Crippen LogP contribution is -2.50. The van der Waals surface area contributed by atoms with Crippen LogP contribution in [0.4, 0.5) is 13.2 Å². The van der Waals surface area contributed by atoms with E-state index in [2.05, 4.69) is 0 Å². The van der Waals surface area contributed by atoms with Gasteiger partial charge in [0.1, 0.15) is 6.54 Å². The van der Waals surface area contributed by atoms with Crippen molar-refractivity contribution in [3.05, 3.63) is 35.9 Å². The van der Waals surface area contributed by atoms with Gasteiger partial charge in [0.05, 0.1) is 5.41 Å². The number of hydrogen-bond acceptors (Lipinski definition) is 2. The Labute approximate surface area is 115 Å². The lowest BCUT2D eigenvalue weighted by molar-refractivity contribution is -0.144. The fourth-order valence-corrected chi connectivity index (χ4v) is 2.47. The Morgan fingerprint density at radius 3 is 2.35 bits per heavy atom. The van der Waals surface area contributed by atoms with Crippen molar-refractivity contribution in [1.82, 2.24) is 5.32 Å². The predicted molar refractivity (Wildman–Crippen MR) is 67.2 cm³/mol. The maximum Gasteiger partial charge on any atom is 0.405 e. The van der Waals surface area contributed by atoms with Crippen LogP contribution in [-0.4, -0.2) is 31.8 Å². The maximum atomic E-state index is 12.3. The van der Waals surface area contributed by atoms with Gasteiger partial charge in [-0.2, -0.15) is 13.2 Å². The SMILES string of the molecule is O=C(NCC(F)(F)F)C1(c2ccccc2)CCOCC1. The van der Waals surface area contributed by atoms with Crippen molar-refractivity contribution in [1.29, 1.82) is 0 Å². The van der Waals surface area contributed by atoms with Crippen molar-refractivity contribution in [3.8, 4) is 0 Å². The number of nitrogens with one attached hydrogen (secondary N) is 1. The number of rotatable bonds is 3. The standard InChI is InChI=1S/C14H16F3NO2/c15-14(16,17)10-18-12(19)13(6-8-20-9-7-13)11-4-2-1-3-5-11/h1-5H,6-10H2,(H,18,19). The highest BCUT2D eigenvalue weighted by Crippen LogP contribution is 2.35. The van der Waals surface area contributed by atoms with Gasteiger partial charge < -0.3 is 10.1 Å². The monoisotopic (exact) mass is 287 g/mol. The highest BCUT2D eigenvalue weighted by atomic mass is 19.4. The van der Waals surface area contributed by atoms with Crippen molar-refractivity contribution >= 4 is 5.91 Å². The summed E-state index contributed by atoms with van der Waals surface area (Å²) >= 11 is 0. The molecule has 1 aliphatic heterocycles. The molecule has 1 heterocycles. The zero-order valence-corrected chi connectivity index (χ0v) is 10.9. The summed E-state index contributed by atoms with van der Waals surface area (Å²) in [4.78, 5) is 12.3. The summed E-state index contributed by atoms with van der Waals surface area (Å²) in [5.74, 6) is -0.579. The second kappa shape index (κ2) is 5.83. The molecule has 1 aromatic carbocycles. The minimum absolute atomic E-state index is 0.369. The zero-order chi connectivity index (χ0) is 14.6. The third-order valence-corrected chi connectivity index (χ3v) is 3.56. The molecule has 0 spiro atoms. The average Bonchev–Trinajstić information content (AvgIpc) is 2.45. The van der Waals surface area contributed by atoms with Gasteiger partial charge in [0, 0.05) is 13.2 Å². The normalized spacial score (nSPS) is 18.6. The van der Waals surface area contributed by atoms with Crippen LogP contribution in [0.2, 0.25) is 0 Å². The van der Waals surface area contributed by atoms with Crippen LogP contribution < -0.4 is 5.32 Å². The van der Waals surface area contributed by atoms with Gasteiger partial charge in [-0.05, 0) is 18.4 Å². The van der Waals surface area contributed by atoms with Gasteiger partial charge in [-0.15, -0.1) is 0 Å². The summed E-state index contributed by atoms with van der Waals surface area (Å²) in [6.07, 6.45) is -3.62. The van der Waals surface area contributed by atoms with Crippen LogP contribution in [0.25, 0.3) is 0 Å². The molecule has 110 valence electrons. The largest absolute Gasteiger partial charge is 0.405 e. The number of alkyl halides is 3. The number of halogens is 3. The molecule has 6 heteroatoms. The molecule has 0 aliphatic carbocycles. The van der Waals surface area contributed by atoms with Gasteiger partial charge in [0.15, 0.2) is 0 Å². The Hall–Kier alpha value is -1.56. The van der Waals surface area contributed by atoms with Crippen LogP contribution >= 0.6 is 0 Å². The van der Waals surface area contributed by atoms with E-state index in [9.17, 15) is 18.0 Å². The molecule has 0 bridgehead atoms. The molecule has 0 radical (unpaired) electrons. The van der Waals surface area contributed by atoms with Crippen LogP contribution in [0.15, 0.2) is 30.3 Å². The zero-order valence-electron chi connectivity index (χ0n) is 10.9. The molecule has 0 aromatic heterocycles. The van der Waals surface area contributed by atoms with Crippen molar-refractivity contribution in [2.45, 2.75) is 24.4 Å². The Morgan fingerprint density at radius 2 is 1.80 bits per heavy atom. The molecule has 0 unspecified atom stereocenters. The number of hydrogen-bond donors (Lipinski definition) is 1. The van der Waals surface area contributed by atoms with E-state index in [0.29, 0.717) is 26.1 Å². The molecule has 20 heavy (non-hydrogen) atoms. The van der Waals surface area contributed by atoms with Crippen LogP contribution in [0.5, 0.6) is 0 Å². The third-order valence-electron chi connectivity index (χ3n) is 3.56. The summed E-state index contributed by atoms with van der Waals surface area (Å²) in [6.45, 7) is -0.566. The number of ether oxygens (including phenoxy) is 1. The van der Waals surface area contributed by atoms with Crippen molar-refractivity contribution < 1.29 is 22.7 Å². The van der Waals surface area contributed by atoms with E-state index < -0.39 is 24.0 Å². The van der Waals surface area contributed by atoms with E-state index in [1.807, 2.05) is 11.4 Å². The summed E-state index contributed by atoms with van der Waals surface area (Å²) in [5.41, 5.74) is -0.187. The third kappa shape index (κ3) is 3.30. The Kier molecular flexibility index (Phi) is 4.32. The first-order chi connectivity index (χ1) is 9.44. The number of benzene rings is 1. The van der Waals surface area contributed by atoms with Crippen LogP contribution in [0, 0.1) is 0 Å². The second-order valence-corrected chi connectivity index (χ2v) is 4.86. The lowest BCUT2D eigenvalue weighted by atomic mass is 9.73.